The van der Waals surface area contributed by atoms with Crippen LogP contribution in [0.15, 0.2) is 0 Å². The molecule has 17 heavy (non-hydrogen) atoms. The highest BCUT2D eigenvalue weighted by molar-refractivity contribution is 5.84. The first-order valence-corrected chi connectivity index (χ1v) is 5.07. The van der Waals surface area contributed by atoms with E-state index in [4.69, 9.17) is 0 Å². The number of carbonyl (C=O) groups is 1. The Hall–Kier alpha value is -1.57. The summed E-state index contributed by atoms with van der Waals surface area (Å²) in [7, 11) is 0. The van der Waals surface area contributed by atoms with Gasteiger partial charge >= 0.3 is 5.97 Å². The molecule has 0 atom stereocenters. The minimum absolute atomic E-state index is 0.0734. The molecule has 0 fully saturated rings. The monoisotopic (exact) mass is 249 g/mol. The van der Waals surface area contributed by atoms with Crippen LogP contribution in [-0.2, 0) is 15.9 Å². The van der Waals surface area contributed by atoms with Gasteiger partial charge in [-0.05, 0) is 6.92 Å². The third-order valence-corrected chi connectivity index (χ3v) is 1.72. The fourth-order valence-electron chi connectivity index (χ4n) is 1.04. The number of nitrogens with one attached hydrogen (secondary N) is 1. The van der Waals surface area contributed by atoms with E-state index < -0.39 is 19.0 Å². The van der Waals surface area contributed by atoms with Crippen molar-refractivity contribution in [1.82, 2.24) is 15.2 Å². The highest BCUT2D eigenvalue weighted by atomic mass is 19.3. The van der Waals surface area contributed by atoms with E-state index in [2.05, 4.69) is 24.7 Å². The van der Waals surface area contributed by atoms with Crippen LogP contribution in [0.4, 0.5) is 8.78 Å². The van der Waals surface area contributed by atoms with Gasteiger partial charge in [0, 0.05) is 6.42 Å². The summed E-state index contributed by atoms with van der Waals surface area (Å²) >= 11 is 0. The Morgan fingerprint density at radius 3 is 2.94 bits per heavy atom. The van der Waals surface area contributed by atoms with Crippen LogP contribution < -0.4 is 0 Å². The van der Waals surface area contributed by atoms with Crippen LogP contribution >= 0.6 is 0 Å². The molecule has 96 valence electrons. The van der Waals surface area contributed by atoms with Gasteiger partial charge in [0.2, 0.25) is 0 Å². The molecular weight excluding hydrogens is 236 g/mol. The Morgan fingerprint density at radius 1 is 1.53 bits per heavy atom. The van der Waals surface area contributed by atoms with E-state index in [0.717, 1.165) is 0 Å². The van der Waals surface area contributed by atoms with Crippen molar-refractivity contribution in [2.24, 2.45) is 0 Å². The lowest BCUT2D eigenvalue weighted by atomic mass is 10.4. The second kappa shape index (κ2) is 6.89. The summed E-state index contributed by atoms with van der Waals surface area (Å²) in [6, 6.07) is 0. The Bertz CT molecular complexity index is 357. The Kier molecular flexibility index (Phi) is 5.47. The van der Waals surface area contributed by atoms with Gasteiger partial charge < -0.3 is 9.47 Å². The number of carbonyl (C=O) groups excluding carboxylic acids is 1. The molecule has 0 bridgehead atoms. The zero-order valence-electron chi connectivity index (χ0n) is 9.28. The highest BCUT2D eigenvalue weighted by Crippen LogP contribution is 1.98. The molecule has 0 aliphatic carbocycles. The highest BCUT2D eigenvalue weighted by Gasteiger charge is 2.13. The van der Waals surface area contributed by atoms with Crippen LogP contribution in [0.5, 0.6) is 0 Å². The van der Waals surface area contributed by atoms with Gasteiger partial charge in [-0.25, -0.2) is 18.6 Å². The largest absolute Gasteiger partial charge is 0.460 e. The predicted molar refractivity (Wildman–Crippen MR) is 52.9 cm³/mol. The fourth-order valence-corrected chi connectivity index (χ4v) is 1.04. The minimum atomic E-state index is -2.49. The van der Waals surface area contributed by atoms with Crippen molar-refractivity contribution in [3.63, 3.8) is 0 Å². The van der Waals surface area contributed by atoms with Gasteiger partial charge in [0.05, 0.1) is 13.2 Å². The number of hydrogen-bond acceptors (Lipinski definition) is 5. The summed E-state index contributed by atoms with van der Waals surface area (Å²) < 4.78 is 32.8. The van der Waals surface area contributed by atoms with E-state index in [9.17, 15) is 13.6 Å². The number of hydrogen-bond donors (Lipinski definition) is 1. The summed E-state index contributed by atoms with van der Waals surface area (Å²) in [4.78, 5) is 15.0. The molecule has 0 saturated carbocycles. The molecule has 1 heterocycles. The fraction of sp³-hybridized carbons (Fsp3) is 0.667. The van der Waals surface area contributed by atoms with Crippen molar-refractivity contribution in [2.45, 2.75) is 19.8 Å². The van der Waals surface area contributed by atoms with Crippen molar-refractivity contribution in [3.8, 4) is 0 Å². The van der Waals surface area contributed by atoms with Crippen molar-refractivity contribution in [1.29, 1.82) is 0 Å². The van der Waals surface area contributed by atoms with Crippen LogP contribution in [0.25, 0.3) is 0 Å². The quantitative estimate of drug-likeness (QED) is 0.571. The molecule has 1 N–H and O–H groups in total. The standard InChI is InChI=1S/C9H13F2N3O3/c1-2-17-9(15)8-12-7(13-14-8)3-4-16-5-6(10)11/h6H,2-5H2,1H3,(H,12,13,14). The molecular formula is C9H13F2N3O3. The van der Waals surface area contributed by atoms with Gasteiger partial charge in [-0.15, -0.1) is 5.10 Å². The molecule has 8 heteroatoms. The summed E-state index contributed by atoms with van der Waals surface area (Å²) in [6.45, 7) is 1.38. The average Bonchev–Trinajstić information content (AvgIpc) is 2.73. The van der Waals surface area contributed by atoms with Gasteiger partial charge in [0.15, 0.2) is 0 Å². The maximum absolute atomic E-state index is 11.7. The summed E-state index contributed by atoms with van der Waals surface area (Å²) in [5.74, 6) is -0.304. The minimum Gasteiger partial charge on any atom is -0.460 e. The third-order valence-electron chi connectivity index (χ3n) is 1.72. The lowest BCUT2D eigenvalue weighted by Gasteiger charge is -2.00. The summed E-state index contributed by atoms with van der Waals surface area (Å²) in [5, 5.41) is 6.14. The molecule has 0 amide bonds. The van der Waals surface area contributed by atoms with Crippen molar-refractivity contribution < 1.29 is 23.0 Å². The maximum atomic E-state index is 11.7. The Balaban J connectivity index is 2.33. The number of esters is 1. The normalized spacial score (nSPS) is 10.8. The molecule has 0 unspecified atom stereocenters. The Morgan fingerprint density at radius 2 is 2.29 bits per heavy atom. The predicted octanol–water partition coefficient (Wildman–Crippen LogP) is 0.806. The van der Waals surface area contributed by atoms with E-state index in [1.807, 2.05) is 0 Å². The third kappa shape index (κ3) is 4.85. The summed E-state index contributed by atoms with van der Waals surface area (Å²) in [6.07, 6.45) is -2.21. The first-order chi connectivity index (χ1) is 8.13. The van der Waals surface area contributed by atoms with Crippen LogP contribution in [0.1, 0.15) is 23.4 Å². The smallest absolute Gasteiger partial charge is 0.378 e. The van der Waals surface area contributed by atoms with Gasteiger partial charge in [-0.2, -0.15) is 0 Å². The number of halogens is 2. The van der Waals surface area contributed by atoms with Crippen LogP contribution in [0, 0.1) is 0 Å². The SMILES string of the molecule is CCOC(=O)c1n[nH]c(CCOCC(F)F)n1. The molecule has 0 saturated heterocycles. The second-order valence-electron chi connectivity index (χ2n) is 3.04. The molecule has 0 spiro atoms. The number of alkyl halides is 2. The molecule has 0 aromatic carbocycles. The average molecular weight is 249 g/mol. The van der Waals surface area contributed by atoms with Crippen LogP contribution in [-0.4, -0.2) is 47.4 Å². The van der Waals surface area contributed by atoms with Gasteiger partial charge in [0.25, 0.3) is 12.2 Å². The van der Waals surface area contributed by atoms with E-state index in [1.165, 1.54) is 0 Å². The number of ether oxygens (including phenoxy) is 2. The molecule has 1 rings (SSSR count). The molecule has 1 aromatic heterocycles. The number of aromatic amines is 1. The zero-order valence-corrected chi connectivity index (χ0v) is 9.28. The molecule has 0 radical (unpaired) electrons. The number of rotatable bonds is 7. The maximum Gasteiger partial charge on any atom is 0.378 e. The molecule has 6 nitrogen and oxygen atoms in total. The second-order valence-corrected chi connectivity index (χ2v) is 3.04. The van der Waals surface area contributed by atoms with Crippen molar-refractivity contribution >= 4 is 5.97 Å². The number of H-pyrrole nitrogens is 1. The first-order valence-electron chi connectivity index (χ1n) is 5.07. The molecule has 0 aliphatic heterocycles. The van der Waals surface area contributed by atoms with E-state index in [1.54, 1.807) is 6.92 Å². The van der Waals surface area contributed by atoms with E-state index >= 15 is 0 Å². The van der Waals surface area contributed by atoms with Gasteiger partial charge in [-0.3, -0.25) is 5.10 Å². The molecule has 0 aliphatic rings. The van der Waals surface area contributed by atoms with E-state index in [-0.39, 0.29) is 25.5 Å². The first kappa shape index (κ1) is 13.5. The van der Waals surface area contributed by atoms with Crippen LogP contribution in [0.3, 0.4) is 0 Å². The van der Waals surface area contributed by atoms with Gasteiger partial charge in [-0.1, -0.05) is 0 Å². The van der Waals surface area contributed by atoms with Crippen molar-refractivity contribution in [2.75, 3.05) is 19.8 Å². The topological polar surface area (TPSA) is 77.1 Å². The van der Waals surface area contributed by atoms with Gasteiger partial charge in [0.1, 0.15) is 12.4 Å². The lowest BCUT2D eigenvalue weighted by molar-refractivity contribution is 0.0183. The van der Waals surface area contributed by atoms with E-state index in [0.29, 0.717) is 5.82 Å². The summed E-state index contributed by atoms with van der Waals surface area (Å²) in [5.41, 5.74) is 0. The number of nitrogens with zero attached hydrogens (tertiary/aromatic N) is 2. The molecule has 1 aromatic rings. The van der Waals surface area contributed by atoms with Crippen molar-refractivity contribution in [3.05, 3.63) is 11.6 Å². The van der Waals surface area contributed by atoms with Crippen LogP contribution in [0.2, 0.25) is 0 Å². The Labute approximate surface area is 96.3 Å². The lowest BCUT2D eigenvalue weighted by Crippen LogP contribution is -2.08. The number of aromatic nitrogens is 3. The zero-order chi connectivity index (χ0) is 12.7.